The highest BCUT2D eigenvalue weighted by Crippen LogP contribution is 2.61. The molecular formula is C25H42N2S. The molecule has 0 aromatic carbocycles. The standard InChI is InChI=1S/C25H42N2S/c1-18(9-7-10-20(3)27-17-23(26)28)11-13-21-19(2)12-14-22-24(4,5)15-8-16-25(21,22)6/h9,21-22H,2,7-8,10-17H2,1,3-6H3,(H2,26,28)/b18-9-,27-20?. The average Bonchev–Trinajstić information content (AvgIpc) is 2.58. The maximum atomic E-state index is 5.52. The fourth-order valence-electron chi connectivity index (χ4n) is 6.10. The molecule has 0 spiro atoms. The van der Waals surface area contributed by atoms with Crippen LogP contribution in [0.15, 0.2) is 28.8 Å². The van der Waals surface area contributed by atoms with Crippen molar-refractivity contribution >= 4 is 22.9 Å². The molecule has 3 heteroatoms. The van der Waals surface area contributed by atoms with E-state index in [9.17, 15) is 0 Å². The lowest BCUT2D eigenvalue weighted by atomic mass is 9.47. The molecule has 0 radical (unpaired) electrons. The van der Waals surface area contributed by atoms with Gasteiger partial charge in [-0.1, -0.05) is 63.2 Å². The van der Waals surface area contributed by atoms with Crippen LogP contribution in [0.1, 0.15) is 92.4 Å². The Hall–Kier alpha value is -0.960. The fraction of sp³-hybridized carbons (Fsp3) is 0.760. The van der Waals surface area contributed by atoms with Gasteiger partial charge in [-0.05, 0) is 87.9 Å². The number of rotatable bonds is 8. The number of nitrogens with two attached hydrogens (primary N) is 1. The van der Waals surface area contributed by atoms with Gasteiger partial charge < -0.3 is 5.73 Å². The summed E-state index contributed by atoms with van der Waals surface area (Å²) in [5, 5.41) is 0. The summed E-state index contributed by atoms with van der Waals surface area (Å²) in [6.07, 6.45) is 13.6. The monoisotopic (exact) mass is 402 g/mol. The number of fused-ring (bicyclic) bond motifs is 1. The summed E-state index contributed by atoms with van der Waals surface area (Å²) in [6, 6.07) is 0. The summed E-state index contributed by atoms with van der Waals surface area (Å²) in [7, 11) is 0. The summed E-state index contributed by atoms with van der Waals surface area (Å²) in [5.74, 6) is 1.53. The third-order valence-corrected chi connectivity index (χ3v) is 7.78. The van der Waals surface area contributed by atoms with Crippen LogP contribution >= 0.6 is 12.2 Å². The lowest BCUT2D eigenvalue weighted by Crippen LogP contribution is -2.49. The zero-order valence-electron chi connectivity index (χ0n) is 18.9. The zero-order valence-corrected chi connectivity index (χ0v) is 19.8. The minimum Gasteiger partial charge on any atom is -0.392 e. The van der Waals surface area contributed by atoms with Crippen LogP contribution in [0.2, 0.25) is 0 Å². The number of allylic oxidation sites excluding steroid dienone is 3. The second kappa shape index (κ2) is 9.69. The molecule has 0 saturated heterocycles. The second-order valence-electron chi connectivity index (χ2n) is 10.3. The van der Waals surface area contributed by atoms with Gasteiger partial charge in [0, 0.05) is 5.71 Å². The molecule has 2 N–H and O–H groups in total. The van der Waals surface area contributed by atoms with Crippen LogP contribution in [0, 0.1) is 22.7 Å². The number of hydrogen-bond donors (Lipinski definition) is 1. The highest BCUT2D eigenvalue weighted by molar-refractivity contribution is 7.80. The molecule has 3 unspecified atom stereocenters. The van der Waals surface area contributed by atoms with Crippen molar-refractivity contribution in [1.29, 1.82) is 0 Å². The maximum Gasteiger partial charge on any atom is 0.0945 e. The van der Waals surface area contributed by atoms with Gasteiger partial charge in [-0.2, -0.15) is 0 Å². The summed E-state index contributed by atoms with van der Waals surface area (Å²) in [6.45, 7) is 16.9. The van der Waals surface area contributed by atoms with Gasteiger partial charge in [0.25, 0.3) is 0 Å². The third kappa shape index (κ3) is 5.78. The van der Waals surface area contributed by atoms with Crippen LogP contribution in [0.4, 0.5) is 0 Å². The molecule has 0 aromatic rings. The van der Waals surface area contributed by atoms with Crippen LogP contribution in [0.3, 0.4) is 0 Å². The Labute approximate surface area is 179 Å². The zero-order chi connectivity index (χ0) is 20.9. The molecule has 2 saturated carbocycles. The van der Waals surface area contributed by atoms with E-state index in [1.807, 2.05) is 0 Å². The van der Waals surface area contributed by atoms with Crippen molar-refractivity contribution in [3.8, 4) is 0 Å². The molecule has 2 fully saturated rings. The lowest BCUT2D eigenvalue weighted by molar-refractivity contribution is -0.0539. The van der Waals surface area contributed by atoms with Gasteiger partial charge in [-0.15, -0.1) is 0 Å². The van der Waals surface area contributed by atoms with Gasteiger partial charge in [0.15, 0.2) is 0 Å². The molecule has 0 bridgehead atoms. The minimum atomic E-state index is 0.446. The highest BCUT2D eigenvalue weighted by Gasteiger charge is 2.52. The van der Waals surface area contributed by atoms with Gasteiger partial charge in [0.2, 0.25) is 0 Å². The summed E-state index contributed by atoms with van der Waals surface area (Å²) in [5.41, 5.74) is 10.6. The van der Waals surface area contributed by atoms with Crippen molar-refractivity contribution in [2.45, 2.75) is 92.4 Å². The second-order valence-corrected chi connectivity index (χ2v) is 10.8. The Kier molecular flexibility index (Phi) is 8.07. The Bertz CT molecular complexity index is 643. The molecule has 0 heterocycles. The lowest BCUT2D eigenvalue weighted by Gasteiger charge is -2.58. The van der Waals surface area contributed by atoms with E-state index in [4.69, 9.17) is 18.0 Å². The van der Waals surface area contributed by atoms with Crippen LogP contribution in [-0.2, 0) is 0 Å². The number of hydrogen-bond acceptors (Lipinski definition) is 2. The molecule has 2 aliphatic carbocycles. The molecule has 3 atom stereocenters. The van der Waals surface area contributed by atoms with E-state index in [0.717, 1.165) is 24.5 Å². The predicted molar refractivity (Wildman–Crippen MR) is 128 cm³/mol. The van der Waals surface area contributed by atoms with Gasteiger partial charge in [-0.25, -0.2) is 0 Å². The van der Waals surface area contributed by atoms with Gasteiger partial charge in [0.05, 0.1) is 11.5 Å². The van der Waals surface area contributed by atoms with Crippen LogP contribution in [0.5, 0.6) is 0 Å². The Morgan fingerprint density at radius 1 is 1.25 bits per heavy atom. The van der Waals surface area contributed by atoms with E-state index in [0.29, 0.717) is 28.3 Å². The first-order valence-corrected chi connectivity index (χ1v) is 11.6. The molecule has 0 aliphatic heterocycles. The molecule has 28 heavy (non-hydrogen) atoms. The van der Waals surface area contributed by atoms with E-state index >= 15 is 0 Å². The highest BCUT2D eigenvalue weighted by atomic mass is 32.1. The first-order valence-electron chi connectivity index (χ1n) is 11.2. The minimum absolute atomic E-state index is 0.446. The molecule has 0 aromatic heterocycles. The van der Waals surface area contributed by atoms with Gasteiger partial charge >= 0.3 is 0 Å². The number of nitrogens with zero attached hydrogens (tertiary/aromatic N) is 1. The van der Waals surface area contributed by atoms with Crippen molar-refractivity contribution in [1.82, 2.24) is 0 Å². The Morgan fingerprint density at radius 3 is 2.64 bits per heavy atom. The van der Waals surface area contributed by atoms with E-state index in [1.54, 1.807) is 0 Å². The molecule has 158 valence electrons. The first-order chi connectivity index (χ1) is 13.1. The van der Waals surface area contributed by atoms with Gasteiger partial charge in [0.1, 0.15) is 0 Å². The number of thiocarbonyl (C=S) groups is 1. The summed E-state index contributed by atoms with van der Waals surface area (Å²) < 4.78 is 0. The van der Waals surface area contributed by atoms with Crippen molar-refractivity contribution < 1.29 is 0 Å². The van der Waals surface area contributed by atoms with Crippen molar-refractivity contribution in [2.75, 3.05) is 6.54 Å². The topological polar surface area (TPSA) is 38.4 Å². The van der Waals surface area contributed by atoms with E-state index in [-0.39, 0.29) is 0 Å². The molecule has 2 nitrogen and oxygen atoms in total. The van der Waals surface area contributed by atoms with Crippen LogP contribution in [0.25, 0.3) is 0 Å². The smallest absolute Gasteiger partial charge is 0.0945 e. The molecular weight excluding hydrogens is 360 g/mol. The molecule has 0 amide bonds. The van der Waals surface area contributed by atoms with E-state index in [2.05, 4.69) is 52.3 Å². The third-order valence-electron chi connectivity index (χ3n) is 7.65. The average molecular weight is 403 g/mol. The van der Waals surface area contributed by atoms with Gasteiger partial charge in [-0.3, -0.25) is 4.99 Å². The molecule has 2 rings (SSSR count). The summed E-state index contributed by atoms with van der Waals surface area (Å²) >= 11 is 4.89. The predicted octanol–water partition coefficient (Wildman–Crippen LogP) is 7.04. The normalized spacial score (nSPS) is 30.8. The van der Waals surface area contributed by atoms with Crippen molar-refractivity contribution in [2.24, 2.45) is 33.4 Å². The largest absolute Gasteiger partial charge is 0.392 e. The Balaban J connectivity index is 1.93. The number of aliphatic imine (C=N–C) groups is 1. The summed E-state index contributed by atoms with van der Waals surface area (Å²) in [4.78, 5) is 4.90. The SMILES string of the molecule is C=C1CCC2C(C)(C)CCCC2(C)C1CC/C(C)=C\CCC(C)=NCC(N)=S. The first kappa shape index (κ1) is 23.3. The van der Waals surface area contributed by atoms with Crippen LogP contribution < -0.4 is 5.73 Å². The van der Waals surface area contributed by atoms with Crippen molar-refractivity contribution in [3.05, 3.63) is 23.8 Å². The van der Waals surface area contributed by atoms with E-state index in [1.165, 1.54) is 56.1 Å². The Morgan fingerprint density at radius 2 is 1.96 bits per heavy atom. The quantitative estimate of drug-likeness (QED) is 0.268. The van der Waals surface area contributed by atoms with E-state index < -0.39 is 0 Å². The van der Waals surface area contributed by atoms with Crippen LogP contribution in [-0.4, -0.2) is 17.2 Å². The maximum absolute atomic E-state index is 5.52. The fourth-order valence-corrected chi connectivity index (χ4v) is 6.17. The molecule has 2 aliphatic rings. The van der Waals surface area contributed by atoms with Crippen molar-refractivity contribution in [3.63, 3.8) is 0 Å².